The van der Waals surface area contributed by atoms with Gasteiger partial charge in [-0.1, -0.05) is 6.92 Å². The van der Waals surface area contributed by atoms with Crippen LogP contribution in [0.1, 0.15) is 39.5 Å². The predicted octanol–water partition coefficient (Wildman–Crippen LogP) is 1.32. The summed E-state index contributed by atoms with van der Waals surface area (Å²) in [7, 11) is 3.54. The summed E-state index contributed by atoms with van der Waals surface area (Å²) in [6, 6.07) is 0.356. The molecule has 0 aromatic carbocycles. The standard InChI is InChI=1S/C17H32N4O2/c1-5-14(2)19-16(18-12-15(22)20(3)4)21-9-6-17(13-21)7-10-23-11-8-17/h14H,5-13H2,1-4H3,(H,18,19). The lowest BCUT2D eigenvalue weighted by molar-refractivity contribution is -0.127. The van der Waals surface area contributed by atoms with Crippen LogP contribution in [-0.2, 0) is 9.53 Å². The first-order valence-electron chi connectivity index (χ1n) is 8.79. The van der Waals surface area contributed by atoms with Crippen molar-refractivity contribution in [1.29, 1.82) is 0 Å². The summed E-state index contributed by atoms with van der Waals surface area (Å²) >= 11 is 0. The van der Waals surface area contributed by atoms with Crippen LogP contribution < -0.4 is 5.32 Å². The second-order valence-electron chi connectivity index (χ2n) is 7.17. The van der Waals surface area contributed by atoms with Gasteiger partial charge in [-0.2, -0.15) is 0 Å². The van der Waals surface area contributed by atoms with Crippen molar-refractivity contribution in [1.82, 2.24) is 15.1 Å². The minimum absolute atomic E-state index is 0.0356. The molecule has 2 heterocycles. The molecular weight excluding hydrogens is 292 g/mol. The van der Waals surface area contributed by atoms with Crippen molar-refractivity contribution in [3.63, 3.8) is 0 Å². The average Bonchev–Trinajstić information content (AvgIpc) is 2.94. The number of nitrogens with zero attached hydrogens (tertiary/aromatic N) is 3. The van der Waals surface area contributed by atoms with Crippen LogP contribution in [0.4, 0.5) is 0 Å². The molecule has 2 aliphatic rings. The lowest BCUT2D eigenvalue weighted by Gasteiger charge is -2.34. The summed E-state index contributed by atoms with van der Waals surface area (Å²) in [4.78, 5) is 20.4. The van der Waals surface area contributed by atoms with E-state index in [1.807, 2.05) is 0 Å². The summed E-state index contributed by atoms with van der Waals surface area (Å²) in [5.41, 5.74) is 0.377. The van der Waals surface area contributed by atoms with Gasteiger partial charge in [-0.15, -0.1) is 0 Å². The van der Waals surface area contributed by atoms with E-state index in [4.69, 9.17) is 4.74 Å². The van der Waals surface area contributed by atoms with Crippen molar-refractivity contribution in [3.05, 3.63) is 0 Å². The molecule has 6 heteroatoms. The average molecular weight is 324 g/mol. The fourth-order valence-corrected chi connectivity index (χ4v) is 3.17. The second-order valence-corrected chi connectivity index (χ2v) is 7.17. The van der Waals surface area contributed by atoms with Gasteiger partial charge in [0, 0.05) is 46.4 Å². The SMILES string of the molecule is CCC(C)NC(=NCC(=O)N(C)C)N1CCC2(CCOCC2)C1. The minimum Gasteiger partial charge on any atom is -0.381 e. The van der Waals surface area contributed by atoms with Crippen LogP contribution in [0, 0.1) is 5.41 Å². The number of aliphatic imine (C=N–C) groups is 1. The van der Waals surface area contributed by atoms with Crippen LogP contribution in [-0.4, -0.2) is 74.7 Å². The van der Waals surface area contributed by atoms with Crippen molar-refractivity contribution < 1.29 is 9.53 Å². The Kier molecular flexibility index (Phi) is 6.27. The van der Waals surface area contributed by atoms with E-state index < -0.39 is 0 Å². The molecule has 6 nitrogen and oxygen atoms in total. The normalized spacial score (nSPS) is 22.3. The number of hydrogen-bond acceptors (Lipinski definition) is 3. The van der Waals surface area contributed by atoms with Gasteiger partial charge in [0.15, 0.2) is 5.96 Å². The zero-order valence-corrected chi connectivity index (χ0v) is 15.1. The number of guanidine groups is 1. The Labute approximate surface area is 140 Å². The molecule has 0 aromatic heterocycles. The highest BCUT2D eigenvalue weighted by Gasteiger charge is 2.40. The maximum atomic E-state index is 11.9. The molecule has 0 saturated carbocycles. The molecule has 1 unspecified atom stereocenters. The van der Waals surface area contributed by atoms with Crippen LogP contribution in [0.5, 0.6) is 0 Å². The first-order chi connectivity index (χ1) is 11.0. The Balaban J connectivity index is 2.04. The smallest absolute Gasteiger partial charge is 0.243 e. The van der Waals surface area contributed by atoms with Crippen LogP contribution >= 0.6 is 0 Å². The molecule has 1 atom stereocenters. The third-order valence-corrected chi connectivity index (χ3v) is 5.14. The number of likely N-dealkylation sites (tertiary alicyclic amines) is 1. The molecule has 0 bridgehead atoms. The number of likely N-dealkylation sites (N-methyl/N-ethyl adjacent to an activating group) is 1. The number of amides is 1. The zero-order valence-electron chi connectivity index (χ0n) is 15.1. The van der Waals surface area contributed by atoms with E-state index in [-0.39, 0.29) is 12.5 Å². The third kappa shape index (κ3) is 4.83. The van der Waals surface area contributed by atoms with Gasteiger partial charge < -0.3 is 19.9 Å². The number of rotatable bonds is 4. The van der Waals surface area contributed by atoms with Crippen LogP contribution in [0.3, 0.4) is 0 Å². The van der Waals surface area contributed by atoms with Crippen molar-refractivity contribution >= 4 is 11.9 Å². The van der Waals surface area contributed by atoms with E-state index in [1.165, 1.54) is 6.42 Å². The topological polar surface area (TPSA) is 57.2 Å². The Morgan fingerprint density at radius 3 is 2.65 bits per heavy atom. The Hall–Kier alpha value is -1.30. The summed E-state index contributed by atoms with van der Waals surface area (Å²) in [5.74, 6) is 0.923. The highest BCUT2D eigenvalue weighted by atomic mass is 16.5. The molecule has 1 spiro atoms. The van der Waals surface area contributed by atoms with Gasteiger partial charge in [0.1, 0.15) is 6.54 Å². The van der Waals surface area contributed by atoms with Gasteiger partial charge >= 0.3 is 0 Å². The van der Waals surface area contributed by atoms with Gasteiger partial charge in [0.2, 0.25) is 5.91 Å². The largest absolute Gasteiger partial charge is 0.381 e. The van der Waals surface area contributed by atoms with Crippen LogP contribution in [0.15, 0.2) is 4.99 Å². The van der Waals surface area contributed by atoms with E-state index in [9.17, 15) is 4.79 Å². The first-order valence-corrected chi connectivity index (χ1v) is 8.79. The van der Waals surface area contributed by atoms with Crippen molar-refractivity contribution in [2.75, 3.05) is 46.9 Å². The summed E-state index contributed by atoms with van der Waals surface area (Å²) in [5, 5.41) is 3.50. The molecule has 0 aromatic rings. The maximum Gasteiger partial charge on any atom is 0.243 e. The van der Waals surface area contributed by atoms with Gasteiger partial charge in [-0.3, -0.25) is 4.79 Å². The van der Waals surface area contributed by atoms with E-state index in [1.54, 1.807) is 19.0 Å². The molecular formula is C17H32N4O2. The quantitative estimate of drug-likeness (QED) is 0.626. The molecule has 0 radical (unpaired) electrons. The molecule has 23 heavy (non-hydrogen) atoms. The number of nitrogens with one attached hydrogen (secondary N) is 1. The summed E-state index contributed by atoms with van der Waals surface area (Å²) in [6.45, 7) is 8.30. The van der Waals surface area contributed by atoms with Gasteiger partial charge in [0.25, 0.3) is 0 Å². The fraction of sp³-hybridized carbons (Fsp3) is 0.882. The van der Waals surface area contributed by atoms with Crippen molar-refractivity contribution in [2.45, 2.75) is 45.6 Å². The van der Waals surface area contributed by atoms with Gasteiger partial charge in [-0.25, -0.2) is 4.99 Å². The number of carbonyl (C=O) groups excluding carboxylic acids is 1. The van der Waals surface area contributed by atoms with Crippen LogP contribution in [0.2, 0.25) is 0 Å². The van der Waals surface area contributed by atoms with Crippen molar-refractivity contribution in [2.24, 2.45) is 10.4 Å². The molecule has 2 rings (SSSR count). The first kappa shape index (κ1) is 18.0. The molecule has 1 N–H and O–H groups in total. The minimum atomic E-state index is 0.0356. The zero-order chi connectivity index (χ0) is 16.9. The fourth-order valence-electron chi connectivity index (χ4n) is 3.17. The third-order valence-electron chi connectivity index (χ3n) is 5.14. The molecule has 2 aliphatic heterocycles. The summed E-state index contributed by atoms with van der Waals surface area (Å²) in [6.07, 6.45) is 4.50. The second kappa shape index (κ2) is 7.99. The van der Waals surface area contributed by atoms with Gasteiger partial charge in [-0.05, 0) is 38.0 Å². The molecule has 1 amide bonds. The number of carbonyl (C=O) groups is 1. The highest BCUT2D eigenvalue weighted by Crippen LogP contribution is 2.39. The van der Waals surface area contributed by atoms with Gasteiger partial charge in [0.05, 0.1) is 0 Å². The Bertz CT molecular complexity index is 430. The van der Waals surface area contributed by atoms with E-state index in [0.717, 1.165) is 51.5 Å². The van der Waals surface area contributed by atoms with Crippen LogP contribution in [0.25, 0.3) is 0 Å². The number of ether oxygens (including phenoxy) is 1. The lowest BCUT2D eigenvalue weighted by atomic mass is 9.80. The van der Waals surface area contributed by atoms with E-state index >= 15 is 0 Å². The lowest BCUT2D eigenvalue weighted by Crippen LogP contribution is -2.46. The summed E-state index contributed by atoms with van der Waals surface area (Å²) < 4.78 is 5.52. The Morgan fingerprint density at radius 1 is 1.35 bits per heavy atom. The maximum absolute atomic E-state index is 11.9. The molecule has 2 fully saturated rings. The molecule has 0 aliphatic carbocycles. The monoisotopic (exact) mass is 324 g/mol. The van der Waals surface area contributed by atoms with E-state index in [0.29, 0.717) is 11.5 Å². The number of hydrogen-bond donors (Lipinski definition) is 1. The molecule has 2 saturated heterocycles. The Morgan fingerprint density at radius 2 is 2.04 bits per heavy atom. The predicted molar refractivity (Wildman–Crippen MR) is 92.6 cm³/mol. The molecule has 132 valence electrons. The van der Waals surface area contributed by atoms with Crippen molar-refractivity contribution in [3.8, 4) is 0 Å². The highest BCUT2D eigenvalue weighted by molar-refractivity contribution is 5.85. The van der Waals surface area contributed by atoms with E-state index in [2.05, 4.69) is 29.1 Å².